The summed E-state index contributed by atoms with van der Waals surface area (Å²) in [5, 5.41) is 9.05. The van der Waals surface area contributed by atoms with Gasteiger partial charge in [-0.3, -0.25) is 4.79 Å². The Hall–Kier alpha value is -0.310. The number of carboxylic acids is 1. The van der Waals surface area contributed by atoms with Crippen LogP contribution in [0.5, 0.6) is 0 Å². The molecule has 2 N–H and O–H groups in total. The Labute approximate surface area is 131 Å². The number of hydrogen-bond acceptors (Lipinski definition) is 4. The van der Waals surface area contributed by atoms with Gasteiger partial charge in [0, 0.05) is 24.4 Å². The van der Waals surface area contributed by atoms with Crippen LogP contribution in [0.4, 0.5) is 0 Å². The van der Waals surface area contributed by atoms with Crippen LogP contribution < -0.4 is 4.72 Å². The molecule has 1 fully saturated rings. The Morgan fingerprint density at radius 1 is 1.43 bits per heavy atom. The van der Waals surface area contributed by atoms with Crippen molar-refractivity contribution in [3.63, 3.8) is 0 Å². The van der Waals surface area contributed by atoms with Gasteiger partial charge in [0.25, 0.3) is 10.2 Å². The molecular formula is C13H26N2O4S2. The van der Waals surface area contributed by atoms with Crippen molar-refractivity contribution >= 4 is 27.9 Å². The van der Waals surface area contributed by atoms with E-state index in [0.717, 1.165) is 12.8 Å². The van der Waals surface area contributed by atoms with Crippen LogP contribution in [0.1, 0.15) is 39.5 Å². The van der Waals surface area contributed by atoms with Gasteiger partial charge < -0.3 is 5.11 Å². The molecule has 0 spiro atoms. The van der Waals surface area contributed by atoms with E-state index in [-0.39, 0.29) is 11.3 Å². The molecule has 0 aromatic heterocycles. The van der Waals surface area contributed by atoms with E-state index in [1.54, 1.807) is 11.8 Å². The molecule has 0 bridgehead atoms. The normalized spacial score (nSPS) is 21.4. The maximum Gasteiger partial charge on any atom is 0.307 e. The highest BCUT2D eigenvalue weighted by Crippen LogP contribution is 2.30. The van der Waals surface area contributed by atoms with E-state index >= 15 is 0 Å². The predicted octanol–water partition coefficient (Wildman–Crippen LogP) is 1.54. The summed E-state index contributed by atoms with van der Waals surface area (Å²) in [6, 6.07) is 0. The van der Waals surface area contributed by atoms with Crippen LogP contribution in [0.15, 0.2) is 0 Å². The number of nitrogens with one attached hydrogen (secondary N) is 1. The standard InChI is InChI=1S/C13H26N2O4S2/c1-4-13(5-2,20-3)10-14-21(18,19)15-8-6-7-11(9-15)12(16)17/h11,14H,4-10H2,1-3H3,(H,16,17). The van der Waals surface area contributed by atoms with E-state index in [0.29, 0.717) is 25.9 Å². The van der Waals surface area contributed by atoms with Crippen molar-refractivity contribution < 1.29 is 18.3 Å². The van der Waals surface area contributed by atoms with Crippen molar-refractivity contribution in [2.75, 3.05) is 25.9 Å². The molecule has 1 unspecified atom stereocenters. The zero-order valence-electron chi connectivity index (χ0n) is 13.0. The summed E-state index contributed by atoms with van der Waals surface area (Å²) in [7, 11) is -3.61. The summed E-state index contributed by atoms with van der Waals surface area (Å²) < 4.78 is 28.6. The van der Waals surface area contributed by atoms with Crippen molar-refractivity contribution in [1.29, 1.82) is 0 Å². The lowest BCUT2D eigenvalue weighted by Crippen LogP contribution is -2.50. The Morgan fingerprint density at radius 3 is 2.52 bits per heavy atom. The van der Waals surface area contributed by atoms with Gasteiger partial charge in [0.05, 0.1) is 5.92 Å². The van der Waals surface area contributed by atoms with E-state index in [1.807, 2.05) is 6.26 Å². The molecule has 0 aliphatic carbocycles. The molecule has 6 nitrogen and oxygen atoms in total. The van der Waals surface area contributed by atoms with Gasteiger partial charge in [-0.2, -0.15) is 24.5 Å². The molecule has 0 aromatic carbocycles. The van der Waals surface area contributed by atoms with Gasteiger partial charge in [-0.15, -0.1) is 0 Å². The van der Waals surface area contributed by atoms with Crippen molar-refractivity contribution in [3.8, 4) is 0 Å². The summed E-state index contributed by atoms with van der Waals surface area (Å²) in [5.41, 5.74) is 0. The Morgan fingerprint density at radius 2 is 2.05 bits per heavy atom. The first kappa shape index (κ1) is 18.7. The van der Waals surface area contributed by atoms with Gasteiger partial charge in [0.15, 0.2) is 0 Å². The average molecular weight is 338 g/mol. The van der Waals surface area contributed by atoms with Crippen LogP contribution in [0.25, 0.3) is 0 Å². The van der Waals surface area contributed by atoms with Crippen LogP contribution in [-0.4, -0.2) is 54.4 Å². The van der Waals surface area contributed by atoms with E-state index < -0.39 is 22.1 Å². The molecule has 0 saturated carbocycles. The van der Waals surface area contributed by atoms with Crippen LogP contribution in [-0.2, 0) is 15.0 Å². The van der Waals surface area contributed by atoms with E-state index in [1.165, 1.54) is 4.31 Å². The first-order valence-electron chi connectivity index (χ1n) is 7.33. The lowest BCUT2D eigenvalue weighted by molar-refractivity contribution is -0.142. The molecule has 0 amide bonds. The molecule has 0 aromatic rings. The minimum atomic E-state index is -3.61. The molecule has 124 valence electrons. The summed E-state index contributed by atoms with van der Waals surface area (Å²) in [6.07, 6.45) is 4.88. The minimum Gasteiger partial charge on any atom is -0.481 e. The third-order valence-corrected chi connectivity index (χ3v) is 7.48. The topological polar surface area (TPSA) is 86.7 Å². The minimum absolute atomic E-state index is 0.0647. The van der Waals surface area contributed by atoms with E-state index in [4.69, 9.17) is 5.11 Å². The fourth-order valence-corrected chi connectivity index (χ4v) is 4.81. The highest BCUT2D eigenvalue weighted by Gasteiger charge is 2.34. The van der Waals surface area contributed by atoms with Crippen molar-refractivity contribution in [2.24, 2.45) is 5.92 Å². The van der Waals surface area contributed by atoms with Crippen molar-refractivity contribution in [3.05, 3.63) is 0 Å². The van der Waals surface area contributed by atoms with Crippen LogP contribution in [0, 0.1) is 5.92 Å². The van der Waals surface area contributed by atoms with Gasteiger partial charge in [0.1, 0.15) is 0 Å². The third-order valence-electron chi connectivity index (χ3n) is 4.37. The lowest BCUT2D eigenvalue weighted by atomic mass is 10.0. The molecule has 21 heavy (non-hydrogen) atoms. The number of hydrogen-bond donors (Lipinski definition) is 2. The van der Waals surface area contributed by atoms with Crippen molar-refractivity contribution in [2.45, 2.75) is 44.3 Å². The van der Waals surface area contributed by atoms with Crippen LogP contribution in [0.2, 0.25) is 0 Å². The number of carbonyl (C=O) groups is 1. The molecule has 0 radical (unpaired) electrons. The number of carboxylic acid groups (broad SMARTS) is 1. The number of aliphatic carboxylic acids is 1. The smallest absolute Gasteiger partial charge is 0.307 e. The summed E-state index contributed by atoms with van der Waals surface area (Å²) in [6.45, 7) is 4.93. The first-order valence-corrected chi connectivity index (χ1v) is 9.99. The summed E-state index contributed by atoms with van der Waals surface area (Å²) >= 11 is 1.67. The predicted molar refractivity (Wildman–Crippen MR) is 85.7 cm³/mol. The van der Waals surface area contributed by atoms with Gasteiger partial charge in [-0.05, 0) is 31.9 Å². The van der Waals surface area contributed by atoms with Gasteiger partial charge in [0.2, 0.25) is 0 Å². The molecule has 8 heteroatoms. The van der Waals surface area contributed by atoms with E-state index in [9.17, 15) is 13.2 Å². The second kappa shape index (κ2) is 7.80. The third kappa shape index (κ3) is 4.84. The highest BCUT2D eigenvalue weighted by molar-refractivity contribution is 8.00. The average Bonchev–Trinajstić information content (AvgIpc) is 2.49. The molecule has 1 rings (SSSR count). The van der Waals surface area contributed by atoms with Crippen LogP contribution in [0.3, 0.4) is 0 Å². The molecule has 1 aliphatic rings. The lowest BCUT2D eigenvalue weighted by Gasteiger charge is -2.33. The largest absolute Gasteiger partial charge is 0.481 e. The zero-order chi connectivity index (χ0) is 16.1. The molecule has 1 saturated heterocycles. The molecule has 1 heterocycles. The monoisotopic (exact) mass is 338 g/mol. The fraction of sp³-hybridized carbons (Fsp3) is 0.923. The number of piperidine rings is 1. The Kier molecular flexibility index (Phi) is 6.96. The Balaban J connectivity index is 2.70. The number of nitrogens with zero attached hydrogens (tertiary/aromatic N) is 1. The number of rotatable bonds is 8. The quantitative estimate of drug-likeness (QED) is 0.701. The molecular weight excluding hydrogens is 312 g/mol. The van der Waals surface area contributed by atoms with Gasteiger partial charge in [-0.25, -0.2) is 4.72 Å². The second-order valence-electron chi connectivity index (χ2n) is 5.46. The highest BCUT2D eigenvalue weighted by atomic mass is 32.2. The zero-order valence-corrected chi connectivity index (χ0v) is 14.6. The number of thioether (sulfide) groups is 1. The fourth-order valence-electron chi connectivity index (χ4n) is 2.54. The summed E-state index contributed by atoms with van der Waals surface area (Å²) in [4.78, 5) is 11.0. The van der Waals surface area contributed by atoms with Gasteiger partial charge in [-0.1, -0.05) is 13.8 Å². The van der Waals surface area contributed by atoms with Gasteiger partial charge >= 0.3 is 5.97 Å². The van der Waals surface area contributed by atoms with Crippen LogP contribution >= 0.6 is 11.8 Å². The van der Waals surface area contributed by atoms with Crippen molar-refractivity contribution in [1.82, 2.24) is 9.03 Å². The molecule has 1 atom stereocenters. The van der Waals surface area contributed by atoms with E-state index in [2.05, 4.69) is 18.6 Å². The maximum atomic E-state index is 12.4. The summed E-state index contributed by atoms with van der Waals surface area (Å²) in [5.74, 6) is -1.52. The Bertz CT molecular complexity index is 441. The second-order valence-corrected chi connectivity index (χ2v) is 8.49. The SMILES string of the molecule is CCC(CC)(CNS(=O)(=O)N1CCCC(C(=O)O)C1)SC. The maximum absolute atomic E-state index is 12.4. The molecule has 1 aliphatic heterocycles. The first-order chi connectivity index (χ1) is 9.80.